The molecule has 2 aromatic rings. The largest absolute Gasteiger partial charge is 0.508 e. The summed E-state index contributed by atoms with van der Waals surface area (Å²) in [6, 6.07) is 11.9. The highest BCUT2D eigenvalue weighted by atomic mass is 16.5. The van der Waals surface area contributed by atoms with Crippen molar-refractivity contribution >= 4 is 5.96 Å². The first-order chi connectivity index (χ1) is 14.0. The highest BCUT2D eigenvalue weighted by Crippen LogP contribution is 2.26. The van der Waals surface area contributed by atoms with Gasteiger partial charge in [0.25, 0.3) is 0 Å². The average molecular weight is 398 g/mol. The summed E-state index contributed by atoms with van der Waals surface area (Å²) in [6.45, 7) is 7.15. The molecular weight excluding hydrogens is 366 g/mol. The molecule has 2 aromatic carbocycles. The monoisotopic (exact) mass is 397 g/mol. The molecule has 29 heavy (non-hydrogen) atoms. The maximum atomic E-state index is 10.1. The number of benzene rings is 2. The van der Waals surface area contributed by atoms with Gasteiger partial charge in [0.1, 0.15) is 17.6 Å². The van der Waals surface area contributed by atoms with Gasteiger partial charge in [-0.1, -0.05) is 29.8 Å². The summed E-state index contributed by atoms with van der Waals surface area (Å²) in [4.78, 5) is 6.69. The molecule has 0 bridgehead atoms. The maximum absolute atomic E-state index is 10.1. The predicted octanol–water partition coefficient (Wildman–Crippen LogP) is 3.21. The maximum Gasteiger partial charge on any atom is 0.193 e. The van der Waals surface area contributed by atoms with E-state index >= 15 is 0 Å². The standard InChI is InChI=1S/C23H31N3O3/c1-16-5-8-20(17(2)13-16)22-15-26(11-12-29-22)23(24-3)25-10-9-18-6-7-19(28-4)14-21(18)27/h5-8,13-14,22,27H,9-12,15H2,1-4H3,(H,24,25). The number of rotatable bonds is 5. The zero-order valence-corrected chi connectivity index (χ0v) is 17.7. The number of aryl methyl sites for hydroxylation is 2. The minimum absolute atomic E-state index is 0.0357. The lowest BCUT2D eigenvalue weighted by molar-refractivity contribution is -0.00830. The van der Waals surface area contributed by atoms with Crippen LogP contribution in [0.4, 0.5) is 0 Å². The Kier molecular flexibility index (Phi) is 6.99. The van der Waals surface area contributed by atoms with Gasteiger partial charge in [-0.25, -0.2) is 0 Å². The van der Waals surface area contributed by atoms with Crippen LogP contribution in [0.2, 0.25) is 0 Å². The van der Waals surface area contributed by atoms with E-state index in [9.17, 15) is 5.11 Å². The molecule has 1 atom stereocenters. The highest BCUT2D eigenvalue weighted by molar-refractivity contribution is 5.80. The van der Waals surface area contributed by atoms with Crippen LogP contribution in [0.1, 0.15) is 28.4 Å². The lowest BCUT2D eigenvalue weighted by Crippen LogP contribution is -2.48. The molecule has 1 heterocycles. The van der Waals surface area contributed by atoms with E-state index in [0.29, 0.717) is 25.3 Å². The Morgan fingerprint density at radius 3 is 2.79 bits per heavy atom. The van der Waals surface area contributed by atoms with E-state index in [1.807, 2.05) is 12.1 Å². The molecule has 3 rings (SSSR count). The fraction of sp³-hybridized carbons (Fsp3) is 0.435. The van der Waals surface area contributed by atoms with Crippen molar-refractivity contribution in [3.05, 3.63) is 58.7 Å². The van der Waals surface area contributed by atoms with Crippen molar-refractivity contribution < 1.29 is 14.6 Å². The lowest BCUT2D eigenvalue weighted by atomic mass is 10.00. The summed E-state index contributed by atoms with van der Waals surface area (Å²) in [7, 11) is 3.39. The van der Waals surface area contributed by atoms with Crippen molar-refractivity contribution in [1.82, 2.24) is 10.2 Å². The fourth-order valence-electron chi connectivity index (χ4n) is 3.74. The molecule has 1 unspecified atom stereocenters. The second-order valence-corrected chi connectivity index (χ2v) is 7.38. The molecule has 6 nitrogen and oxygen atoms in total. The molecule has 156 valence electrons. The number of aromatic hydroxyl groups is 1. The minimum Gasteiger partial charge on any atom is -0.508 e. The van der Waals surface area contributed by atoms with E-state index in [1.165, 1.54) is 16.7 Å². The smallest absolute Gasteiger partial charge is 0.193 e. The van der Waals surface area contributed by atoms with Crippen molar-refractivity contribution in [2.75, 3.05) is 40.4 Å². The topological polar surface area (TPSA) is 66.3 Å². The van der Waals surface area contributed by atoms with E-state index in [2.05, 4.69) is 47.3 Å². The van der Waals surface area contributed by atoms with Crippen molar-refractivity contribution in [2.45, 2.75) is 26.4 Å². The number of methoxy groups -OCH3 is 1. The summed E-state index contributed by atoms with van der Waals surface area (Å²) in [5.41, 5.74) is 4.63. The van der Waals surface area contributed by atoms with Gasteiger partial charge in [-0.2, -0.15) is 0 Å². The molecule has 2 N–H and O–H groups in total. The van der Waals surface area contributed by atoms with E-state index in [1.54, 1.807) is 20.2 Å². The van der Waals surface area contributed by atoms with Crippen LogP contribution in [0.3, 0.4) is 0 Å². The van der Waals surface area contributed by atoms with E-state index < -0.39 is 0 Å². The quantitative estimate of drug-likeness (QED) is 0.599. The Hall–Kier alpha value is -2.73. The highest BCUT2D eigenvalue weighted by Gasteiger charge is 2.25. The van der Waals surface area contributed by atoms with Gasteiger partial charge in [-0.05, 0) is 43.0 Å². The van der Waals surface area contributed by atoms with Crippen molar-refractivity contribution in [1.29, 1.82) is 0 Å². The zero-order chi connectivity index (χ0) is 20.8. The van der Waals surface area contributed by atoms with E-state index in [-0.39, 0.29) is 11.9 Å². The van der Waals surface area contributed by atoms with Crippen molar-refractivity contribution in [3.63, 3.8) is 0 Å². The van der Waals surface area contributed by atoms with Crippen LogP contribution >= 0.6 is 0 Å². The molecule has 1 fully saturated rings. The molecule has 6 heteroatoms. The Morgan fingerprint density at radius 1 is 1.28 bits per heavy atom. The molecule has 1 aliphatic rings. The second-order valence-electron chi connectivity index (χ2n) is 7.38. The van der Waals surface area contributed by atoms with E-state index in [0.717, 1.165) is 24.6 Å². The first-order valence-electron chi connectivity index (χ1n) is 10.0. The van der Waals surface area contributed by atoms with Gasteiger partial charge in [0.2, 0.25) is 0 Å². The lowest BCUT2D eigenvalue weighted by Gasteiger charge is -2.36. The SMILES string of the molecule is CN=C(NCCc1ccc(OC)cc1O)N1CCOC(c2ccc(C)cc2C)C1. The number of aliphatic imine (C=N–C) groups is 1. The third-order valence-corrected chi connectivity index (χ3v) is 5.32. The van der Waals surface area contributed by atoms with E-state index in [4.69, 9.17) is 9.47 Å². The third kappa shape index (κ3) is 5.21. The van der Waals surface area contributed by atoms with Gasteiger partial charge in [-0.15, -0.1) is 0 Å². The van der Waals surface area contributed by atoms with Crippen LogP contribution in [0, 0.1) is 13.8 Å². The third-order valence-electron chi connectivity index (χ3n) is 5.32. The summed E-state index contributed by atoms with van der Waals surface area (Å²) in [6.07, 6.45) is 0.730. The number of hydrogen-bond acceptors (Lipinski definition) is 4. The van der Waals surface area contributed by atoms with Crippen LogP contribution in [0.5, 0.6) is 11.5 Å². The molecule has 0 radical (unpaired) electrons. The normalized spacial score (nSPS) is 17.3. The van der Waals surface area contributed by atoms with Crippen molar-refractivity contribution in [2.24, 2.45) is 4.99 Å². The molecule has 1 saturated heterocycles. The number of phenols is 1. The first kappa shape index (κ1) is 21.0. The summed E-state index contributed by atoms with van der Waals surface area (Å²) >= 11 is 0. The number of nitrogens with zero attached hydrogens (tertiary/aromatic N) is 2. The number of morpholine rings is 1. The Balaban J connectivity index is 1.59. The molecule has 0 spiro atoms. The van der Waals surface area contributed by atoms with Gasteiger partial charge < -0.3 is 24.8 Å². The summed E-state index contributed by atoms with van der Waals surface area (Å²) in [5, 5.41) is 13.6. The average Bonchev–Trinajstić information content (AvgIpc) is 2.72. The van der Waals surface area contributed by atoms with Crippen LogP contribution < -0.4 is 10.1 Å². The second kappa shape index (κ2) is 9.65. The number of nitrogens with one attached hydrogen (secondary N) is 1. The Morgan fingerprint density at radius 2 is 2.10 bits per heavy atom. The molecule has 1 aliphatic heterocycles. The zero-order valence-electron chi connectivity index (χ0n) is 17.7. The van der Waals surface area contributed by atoms with Gasteiger partial charge >= 0.3 is 0 Å². The van der Waals surface area contributed by atoms with Gasteiger partial charge in [0.05, 0.1) is 20.3 Å². The fourth-order valence-corrected chi connectivity index (χ4v) is 3.74. The van der Waals surface area contributed by atoms with Crippen LogP contribution in [0.15, 0.2) is 41.4 Å². The summed E-state index contributed by atoms with van der Waals surface area (Å²) in [5.74, 6) is 1.76. The van der Waals surface area contributed by atoms with Gasteiger partial charge in [0.15, 0.2) is 5.96 Å². The van der Waals surface area contributed by atoms with Crippen LogP contribution in [0.25, 0.3) is 0 Å². The molecule has 0 amide bonds. The number of hydrogen-bond donors (Lipinski definition) is 2. The predicted molar refractivity (Wildman–Crippen MR) is 116 cm³/mol. The molecule has 0 aromatic heterocycles. The minimum atomic E-state index is 0.0357. The van der Waals surface area contributed by atoms with Gasteiger partial charge in [-0.3, -0.25) is 4.99 Å². The molecule has 0 saturated carbocycles. The first-order valence-corrected chi connectivity index (χ1v) is 10.0. The van der Waals surface area contributed by atoms with Gasteiger partial charge in [0, 0.05) is 26.2 Å². The Bertz CT molecular complexity index is 866. The Labute approximate surface area is 173 Å². The summed E-state index contributed by atoms with van der Waals surface area (Å²) < 4.78 is 11.2. The number of guanidine groups is 1. The number of phenolic OH excluding ortho intramolecular Hbond substituents is 1. The molecular formula is C23H31N3O3. The number of ether oxygens (including phenoxy) is 2. The van der Waals surface area contributed by atoms with Crippen molar-refractivity contribution in [3.8, 4) is 11.5 Å². The molecule has 0 aliphatic carbocycles. The van der Waals surface area contributed by atoms with Crippen LogP contribution in [-0.4, -0.2) is 56.4 Å². The van der Waals surface area contributed by atoms with Crippen LogP contribution in [-0.2, 0) is 11.2 Å².